The summed E-state index contributed by atoms with van der Waals surface area (Å²) < 4.78 is 2.19. The maximum atomic E-state index is 12.9. The van der Waals surface area contributed by atoms with Crippen LogP contribution in [0.1, 0.15) is 59.5 Å². The number of benzene rings is 1. The third kappa shape index (κ3) is 2.80. The molecule has 6 heteroatoms. The summed E-state index contributed by atoms with van der Waals surface area (Å²) in [5.74, 6) is 2.03. The van der Waals surface area contributed by atoms with Crippen LogP contribution in [0.15, 0.2) is 30.6 Å². The average molecular weight is 393 g/mol. The molecule has 5 rings (SSSR count). The van der Waals surface area contributed by atoms with E-state index < -0.39 is 0 Å². The summed E-state index contributed by atoms with van der Waals surface area (Å²) in [4.78, 5) is 32.2. The van der Waals surface area contributed by atoms with Crippen LogP contribution >= 0.6 is 0 Å². The van der Waals surface area contributed by atoms with Crippen molar-refractivity contribution in [2.24, 2.45) is 11.8 Å². The molecular weight excluding hydrogens is 364 g/mol. The third-order valence-electron chi connectivity index (χ3n) is 7.24. The van der Waals surface area contributed by atoms with E-state index in [1.54, 1.807) is 6.20 Å². The van der Waals surface area contributed by atoms with Gasteiger partial charge in [-0.05, 0) is 49.8 Å². The first-order valence-corrected chi connectivity index (χ1v) is 10.6. The molecule has 3 heterocycles. The minimum atomic E-state index is -0.129. The number of amides is 2. The number of nitrogens with one attached hydrogen (secondary N) is 1. The number of aromatic nitrogens is 2. The molecule has 1 aromatic heterocycles. The Morgan fingerprint density at radius 2 is 1.97 bits per heavy atom. The van der Waals surface area contributed by atoms with Crippen molar-refractivity contribution in [3.63, 3.8) is 0 Å². The Hall–Kier alpha value is -2.63. The largest absolute Gasteiger partial charge is 0.342 e. The van der Waals surface area contributed by atoms with E-state index in [0.29, 0.717) is 17.4 Å². The molecule has 1 N–H and O–H groups in total. The maximum Gasteiger partial charge on any atom is 0.252 e. The normalized spacial score (nSPS) is 26.6. The zero-order chi connectivity index (χ0) is 20.3. The molecule has 2 aliphatic heterocycles. The zero-order valence-electron chi connectivity index (χ0n) is 17.3. The van der Waals surface area contributed by atoms with Gasteiger partial charge >= 0.3 is 0 Å². The van der Waals surface area contributed by atoms with Crippen LogP contribution in [0.4, 0.5) is 0 Å². The number of imidazole rings is 1. The highest BCUT2D eigenvalue weighted by Crippen LogP contribution is 2.46. The van der Waals surface area contributed by atoms with Gasteiger partial charge in [0.25, 0.3) is 5.91 Å². The fraction of sp³-hybridized carbons (Fsp3) is 0.522. The molecular formula is C23H28N4O2. The van der Waals surface area contributed by atoms with Crippen molar-refractivity contribution >= 4 is 11.8 Å². The number of fused-ring (bicyclic) bond motifs is 2. The molecule has 1 spiro atoms. The number of rotatable bonds is 3. The van der Waals surface area contributed by atoms with Crippen molar-refractivity contribution in [2.45, 2.75) is 51.6 Å². The molecule has 1 unspecified atom stereocenters. The van der Waals surface area contributed by atoms with Gasteiger partial charge in [0.1, 0.15) is 5.82 Å². The van der Waals surface area contributed by atoms with Crippen LogP contribution in [0, 0.1) is 25.7 Å². The lowest BCUT2D eigenvalue weighted by Gasteiger charge is -2.51. The number of nitrogens with zero attached hydrogens (tertiary/aromatic N) is 3. The van der Waals surface area contributed by atoms with Gasteiger partial charge in [-0.3, -0.25) is 9.59 Å². The first-order valence-electron chi connectivity index (χ1n) is 10.6. The average Bonchev–Trinajstić information content (AvgIpc) is 3.22. The predicted octanol–water partition coefficient (Wildman–Crippen LogP) is 2.96. The Bertz CT molecular complexity index is 983. The van der Waals surface area contributed by atoms with Crippen LogP contribution in [0.2, 0.25) is 0 Å². The van der Waals surface area contributed by atoms with Gasteiger partial charge in [-0.15, -0.1) is 0 Å². The monoisotopic (exact) mass is 392 g/mol. The van der Waals surface area contributed by atoms with Gasteiger partial charge in [0, 0.05) is 43.4 Å². The fourth-order valence-corrected chi connectivity index (χ4v) is 5.36. The van der Waals surface area contributed by atoms with Crippen molar-refractivity contribution < 1.29 is 9.59 Å². The molecule has 1 saturated heterocycles. The van der Waals surface area contributed by atoms with E-state index >= 15 is 0 Å². The first-order chi connectivity index (χ1) is 13.9. The van der Waals surface area contributed by atoms with Crippen molar-refractivity contribution in [1.82, 2.24) is 19.8 Å². The van der Waals surface area contributed by atoms with Crippen molar-refractivity contribution in [2.75, 3.05) is 13.1 Å². The van der Waals surface area contributed by atoms with Crippen molar-refractivity contribution in [1.29, 1.82) is 0 Å². The minimum Gasteiger partial charge on any atom is -0.342 e. The third-order valence-corrected chi connectivity index (χ3v) is 7.24. The molecule has 1 aliphatic carbocycles. The fourth-order valence-electron chi connectivity index (χ4n) is 5.36. The highest BCUT2D eigenvalue weighted by molar-refractivity contribution is 5.96. The molecule has 1 aromatic carbocycles. The van der Waals surface area contributed by atoms with Crippen LogP contribution in [-0.4, -0.2) is 39.4 Å². The minimum absolute atomic E-state index is 0.0569. The summed E-state index contributed by atoms with van der Waals surface area (Å²) in [6.07, 6.45) is 6.62. The van der Waals surface area contributed by atoms with Crippen LogP contribution < -0.4 is 5.32 Å². The standard InChI is InChI=1S/C23H28N4O2/c1-14-9-17(10-14)22(29)26-12-23(13-26)11-19(20-24-7-8-27(20)23)25-21(28)18-6-4-5-15(2)16(18)3/h4-8,14,17,19H,9-13H2,1-3H3,(H,25,28). The number of hydrogen-bond acceptors (Lipinski definition) is 3. The van der Waals surface area contributed by atoms with Crippen molar-refractivity contribution in [3.05, 3.63) is 53.1 Å². The SMILES string of the molecule is Cc1cccc(C(=O)NC2CC3(CN(C(=O)C4CC(C)C4)C3)n3ccnc32)c1C. The Labute approximate surface area is 171 Å². The van der Waals surface area contributed by atoms with E-state index in [0.717, 1.165) is 49.3 Å². The second-order valence-corrected chi connectivity index (χ2v) is 9.33. The first kappa shape index (κ1) is 18.4. The van der Waals surface area contributed by atoms with Crippen LogP contribution in [0.3, 0.4) is 0 Å². The van der Waals surface area contributed by atoms with Crippen LogP contribution in [0.25, 0.3) is 0 Å². The Morgan fingerprint density at radius 3 is 2.69 bits per heavy atom. The summed E-state index contributed by atoms with van der Waals surface area (Å²) in [7, 11) is 0. The summed E-state index contributed by atoms with van der Waals surface area (Å²) in [6, 6.07) is 5.69. The smallest absolute Gasteiger partial charge is 0.252 e. The lowest BCUT2D eigenvalue weighted by molar-refractivity contribution is -0.150. The molecule has 152 valence electrons. The highest BCUT2D eigenvalue weighted by atomic mass is 16.2. The molecule has 2 amide bonds. The van der Waals surface area contributed by atoms with Gasteiger partial charge in [0.2, 0.25) is 5.91 Å². The van der Waals surface area contributed by atoms with Gasteiger partial charge in [0.05, 0.1) is 11.6 Å². The van der Waals surface area contributed by atoms with Gasteiger partial charge in [0.15, 0.2) is 0 Å². The number of aryl methyl sites for hydroxylation is 1. The molecule has 1 saturated carbocycles. The lowest BCUT2D eigenvalue weighted by Crippen LogP contribution is -2.64. The van der Waals surface area contributed by atoms with Gasteiger partial charge < -0.3 is 14.8 Å². The molecule has 3 aliphatic rings. The second kappa shape index (κ2) is 6.44. The zero-order valence-corrected chi connectivity index (χ0v) is 17.3. The van der Waals surface area contributed by atoms with E-state index in [2.05, 4.69) is 21.8 Å². The molecule has 0 bridgehead atoms. The summed E-state index contributed by atoms with van der Waals surface area (Å²) in [5, 5.41) is 3.20. The molecule has 0 radical (unpaired) electrons. The topological polar surface area (TPSA) is 67.2 Å². The predicted molar refractivity (Wildman–Crippen MR) is 109 cm³/mol. The highest BCUT2D eigenvalue weighted by Gasteiger charge is 2.54. The molecule has 6 nitrogen and oxygen atoms in total. The van der Waals surface area contributed by atoms with E-state index in [9.17, 15) is 9.59 Å². The lowest BCUT2D eigenvalue weighted by atomic mass is 9.74. The summed E-state index contributed by atoms with van der Waals surface area (Å²) >= 11 is 0. The number of carbonyl (C=O) groups is 2. The second-order valence-electron chi connectivity index (χ2n) is 9.33. The summed E-state index contributed by atoms with van der Waals surface area (Å²) in [5.41, 5.74) is 2.71. The maximum absolute atomic E-state index is 12.9. The van der Waals surface area contributed by atoms with E-state index in [1.807, 2.05) is 43.1 Å². The van der Waals surface area contributed by atoms with Gasteiger partial charge in [-0.25, -0.2) is 4.98 Å². The van der Waals surface area contributed by atoms with Crippen LogP contribution in [0.5, 0.6) is 0 Å². The Balaban J connectivity index is 1.30. The molecule has 29 heavy (non-hydrogen) atoms. The molecule has 2 aromatic rings. The van der Waals surface area contributed by atoms with Crippen molar-refractivity contribution in [3.8, 4) is 0 Å². The number of carbonyl (C=O) groups excluding carboxylic acids is 2. The van der Waals surface area contributed by atoms with Gasteiger partial charge in [-0.2, -0.15) is 0 Å². The van der Waals surface area contributed by atoms with E-state index in [1.165, 1.54) is 0 Å². The van der Waals surface area contributed by atoms with Crippen LogP contribution in [-0.2, 0) is 10.3 Å². The quantitative estimate of drug-likeness (QED) is 0.873. The van der Waals surface area contributed by atoms with Gasteiger partial charge in [-0.1, -0.05) is 19.1 Å². The van der Waals surface area contributed by atoms with E-state index in [4.69, 9.17) is 0 Å². The Morgan fingerprint density at radius 1 is 1.21 bits per heavy atom. The number of likely N-dealkylation sites (tertiary alicyclic amines) is 1. The summed E-state index contributed by atoms with van der Waals surface area (Å²) in [6.45, 7) is 7.65. The molecule has 2 fully saturated rings. The molecule has 1 atom stereocenters. The Kier molecular flexibility index (Phi) is 4.09. The van der Waals surface area contributed by atoms with E-state index in [-0.39, 0.29) is 23.4 Å². The number of hydrogen-bond donors (Lipinski definition) is 1.